The molecule has 1 aromatic carbocycles. The van der Waals surface area contributed by atoms with Crippen LogP contribution in [0.5, 0.6) is 0 Å². The molecule has 24 heavy (non-hydrogen) atoms. The lowest BCUT2D eigenvalue weighted by atomic mass is 10.1. The van der Waals surface area contributed by atoms with Gasteiger partial charge in [-0.3, -0.25) is 9.59 Å². The molecule has 6 heteroatoms. The maximum absolute atomic E-state index is 12.4. The van der Waals surface area contributed by atoms with Crippen molar-refractivity contribution in [1.29, 1.82) is 0 Å². The van der Waals surface area contributed by atoms with Crippen molar-refractivity contribution in [3.05, 3.63) is 34.9 Å². The average Bonchev–Trinajstić information content (AvgIpc) is 3.42. The Morgan fingerprint density at radius 2 is 1.67 bits per heavy atom. The van der Waals surface area contributed by atoms with Crippen LogP contribution >= 0.6 is 11.6 Å². The minimum atomic E-state index is -0.00242. The summed E-state index contributed by atoms with van der Waals surface area (Å²) in [5.74, 6) is 0.713. The Balaban J connectivity index is 1.46. The van der Waals surface area contributed by atoms with Crippen LogP contribution in [-0.4, -0.2) is 53.8 Å². The van der Waals surface area contributed by atoms with Gasteiger partial charge in [0.1, 0.15) is 0 Å². The molecule has 5 nitrogen and oxygen atoms in total. The van der Waals surface area contributed by atoms with Crippen molar-refractivity contribution in [3.8, 4) is 0 Å². The Bertz CT molecular complexity index is 610. The maximum Gasteiger partial charge on any atom is 0.227 e. The van der Waals surface area contributed by atoms with E-state index < -0.39 is 0 Å². The molecule has 3 rings (SSSR count). The van der Waals surface area contributed by atoms with Crippen molar-refractivity contribution < 1.29 is 9.59 Å². The van der Waals surface area contributed by atoms with Crippen molar-refractivity contribution in [3.63, 3.8) is 0 Å². The summed E-state index contributed by atoms with van der Waals surface area (Å²) in [6.07, 6.45) is 3.04. The minimum absolute atomic E-state index is 0.00242. The van der Waals surface area contributed by atoms with Crippen molar-refractivity contribution in [1.82, 2.24) is 9.80 Å². The lowest BCUT2D eigenvalue weighted by Crippen LogP contribution is -2.51. The van der Waals surface area contributed by atoms with Crippen LogP contribution in [0.2, 0.25) is 5.02 Å². The molecule has 0 aromatic heterocycles. The summed E-state index contributed by atoms with van der Waals surface area (Å²) < 4.78 is 0. The second kappa shape index (κ2) is 7.53. The highest BCUT2D eigenvalue weighted by Crippen LogP contribution is 2.33. The number of piperazine rings is 1. The fraction of sp³-hybridized carbons (Fsp3) is 0.556. The zero-order valence-electron chi connectivity index (χ0n) is 13.8. The first-order chi connectivity index (χ1) is 11.5. The van der Waals surface area contributed by atoms with E-state index in [1.54, 1.807) is 6.07 Å². The molecular weight excluding hydrogens is 326 g/mol. The quantitative estimate of drug-likeness (QED) is 0.879. The van der Waals surface area contributed by atoms with Crippen LogP contribution in [0.3, 0.4) is 0 Å². The molecule has 2 N–H and O–H groups in total. The number of halogens is 1. The summed E-state index contributed by atoms with van der Waals surface area (Å²) in [6.45, 7) is 2.33. The topological polar surface area (TPSA) is 66.6 Å². The van der Waals surface area contributed by atoms with Crippen LogP contribution in [0.15, 0.2) is 24.3 Å². The molecule has 1 heterocycles. The average molecular weight is 350 g/mol. The van der Waals surface area contributed by atoms with E-state index in [0.717, 1.165) is 18.4 Å². The number of nitrogens with zero attached hydrogens (tertiary/aromatic N) is 2. The first kappa shape index (κ1) is 17.2. The van der Waals surface area contributed by atoms with Gasteiger partial charge in [0, 0.05) is 43.7 Å². The molecule has 1 aliphatic carbocycles. The standard InChI is InChI=1S/C18H24ClN3O2/c19-15-4-2-1-3-14(15)11-17(23)21-7-9-22(10-8-21)18(24)12-16(20)13-5-6-13/h1-4,13,16H,5-12,20H2/t16-/m0/s1. The number of carbonyl (C=O) groups excluding carboxylic acids is 2. The third-order valence-corrected chi connectivity index (χ3v) is 5.29. The van der Waals surface area contributed by atoms with Gasteiger partial charge in [-0.25, -0.2) is 0 Å². The molecule has 130 valence electrons. The summed E-state index contributed by atoms with van der Waals surface area (Å²) in [5.41, 5.74) is 6.88. The molecule has 1 aromatic rings. The molecule has 1 saturated carbocycles. The molecule has 1 saturated heterocycles. The van der Waals surface area contributed by atoms with Gasteiger partial charge in [0.05, 0.1) is 6.42 Å². The van der Waals surface area contributed by atoms with E-state index in [4.69, 9.17) is 17.3 Å². The zero-order chi connectivity index (χ0) is 17.1. The highest BCUT2D eigenvalue weighted by Gasteiger charge is 2.32. The maximum atomic E-state index is 12.4. The van der Waals surface area contributed by atoms with E-state index in [9.17, 15) is 9.59 Å². The van der Waals surface area contributed by atoms with E-state index in [2.05, 4.69) is 0 Å². The van der Waals surface area contributed by atoms with Crippen LogP contribution in [0.1, 0.15) is 24.8 Å². The summed E-state index contributed by atoms with van der Waals surface area (Å²) in [5, 5.41) is 0.619. The first-order valence-electron chi connectivity index (χ1n) is 8.59. The zero-order valence-corrected chi connectivity index (χ0v) is 14.5. The van der Waals surface area contributed by atoms with Gasteiger partial charge < -0.3 is 15.5 Å². The monoisotopic (exact) mass is 349 g/mol. The highest BCUT2D eigenvalue weighted by molar-refractivity contribution is 6.31. The van der Waals surface area contributed by atoms with E-state index in [0.29, 0.717) is 50.0 Å². The van der Waals surface area contributed by atoms with Crippen LogP contribution < -0.4 is 5.73 Å². The number of carbonyl (C=O) groups is 2. The van der Waals surface area contributed by atoms with Crippen molar-refractivity contribution >= 4 is 23.4 Å². The Labute approximate surface area is 147 Å². The van der Waals surface area contributed by atoms with E-state index >= 15 is 0 Å². The number of benzene rings is 1. The van der Waals surface area contributed by atoms with Crippen molar-refractivity contribution in [2.24, 2.45) is 11.7 Å². The predicted molar refractivity (Wildman–Crippen MR) is 93.6 cm³/mol. The number of nitrogens with two attached hydrogens (primary N) is 1. The lowest BCUT2D eigenvalue weighted by molar-refractivity contribution is -0.139. The summed E-state index contributed by atoms with van der Waals surface area (Å²) >= 11 is 6.12. The Morgan fingerprint density at radius 3 is 2.25 bits per heavy atom. The van der Waals surface area contributed by atoms with Gasteiger partial charge in [-0.1, -0.05) is 29.8 Å². The van der Waals surface area contributed by atoms with E-state index in [1.807, 2.05) is 28.0 Å². The van der Waals surface area contributed by atoms with Crippen LogP contribution in [0.25, 0.3) is 0 Å². The van der Waals surface area contributed by atoms with Gasteiger partial charge in [-0.05, 0) is 30.4 Å². The smallest absolute Gasteiger partial charge is 0.227 e. The second-order valence-corrected chi connectivity index (χ2v) is 7.14. The second-order valence-electron chi connectivity index (χ2n) is 6.74. The van der Waals surface area contributed by atoms with Gasteiger partial charge in [0.15, 0.2) is 0 Å². The number of rotatable bonds is 5. The lowest BCUT2D eigenvalue weighted by Gasteiger charge is -2.35. The van der Waals surface area contributed by atoms with Crippen LogP contribution in [0, 0.1) is 5.92 Å². The molecule has 0 unspecified atom stereocenters. The van der Waals surface area contributed by atoms with E-state index in [-0.39, 0.29) is 17.9 Å². The van der Waals surface area contributed by atoms with Gasteiger partial charge in [0.2, 0.25) is 11.8 Å². The molecule has 0 spiro atoms. The molecule has 2 fully saturated rings. The fourth-order valence-corrected chi connectivity index (χ4v) is 3.35. The number of hydrogen-bond donors (Lipinski definition) is 1. The summed E-state index contributed by atoms with van der Waals surface area (Å²) in [4.78, 5) is 28.3. The molecule has 0 radical (unpaired) electrons. The predicted octanol–water partition coefficient (Wildman–Crippen LogP) is 1.68. The normalized spacial score (nSPS) is 19.2. The molecular formula is C18H24ClN3O2. The first-order valence-corrected chi connectivity index (χ1v) is 8.97. The molecule has 0 bridgehead atoms. The van der Waals surface area contributed by atoms with Crippen LogP contribution in [-0.2, 0) is 16.0 Å². The highest BCUT2D eigenvalue weighted by atomic mass is 35.5. The van der Waals surface area contributed by atoms with Gasteiger partial charge in [0.25, 0.3) is 0 Å². The molecule has 1 aliphatic heterocycles. The third-order valence-electron chi connectivity index (χ3n) is 4.92. The SMILES string of the molecule is N[C@@H](CC(=O)N1CCN(C(=O)Cc2ccccc2Cl)CC1)C1CC1. The Morgan fingerprint density at radius 1 is 1.08 bits per heavy atom. The molecule has 2 aliphatic rings. The number of hydrogen-bond acceptors (Lipinski definition) is 3. The summed E-state index contributed by atoms with van der Waals surface area (Å²) in [7, 11) is 0. The van der Waals surface area contributed by atoms with E-state index in [1.165, 1.54) is 0 Å². The Hall–Kier alpha value is -1.59. The minimum Gasteiger partial charge on any atom is -0.339 e. The largest absolute Gasteiger partial charge is 0.339 e. The summed E-state index contributed by atoms with van der Waals surface area (Å²) in [6, 6.07) is 7.40. The van der Waals surface area contributed by atoms with Gasteiger partial charge in [-0.15, -0.1) is 0 Å². The van der Waals surface area contributed by atoms with Gasteiger partial charge >= 0.3 is 0 Å². The fourth-order valence-electron chi connectivity index (χ4n) is 3.14. The molecule has 1 atom stereocenters. The number of amides is 2. The third kappa shape index (κ3) is 4.28. The Kier molecular flexibility index (Phi) is 5.41. The van der Waals surface area contributed by atoms with Crippen molar-refractivity contribution in [2.45, 2.75) is 31.7 Å². The van der Waals surface area contributed by atoms with Crippen molar-refractivity contribution in [2.75, 3.05) is 26.2 Å². The van der Waals surface area contributed by atoms with Gasteiger partial charge in [-0.2, -0.15) is 0 Å². The molecule has 2 amide bonds. The van der Waals surface area contributed by atoms with Crippen LogP contribution in [0.4, 0.5) is 0 Å².